The third-order valence-corrected chi connectivity index (χ3v) is 6.23. The van der Waals surface area contributed by atoms with Gasteiger partial charge in [0.05, 0.1) is 43.0 Å². The van der Waals surface area contributed by atoms with Crippen molar-refractivity contribution in [3.63, 3.8) is 0 Å². The van der Waals surface area contributed by atoms with Gasteiger partial charge in [0.15, 0.2) is 0 Å². The van der Waals surface area contributed by atoms with E-state index in [1.165, 1.54) is 19.1 Å². The topological polar surface area (TPSA) is 84.9 Å². The van der Waals surface area contributed by atoms with E-state index in [2.05, 4.69) is 12.2 Å². The van der Waals surface area contributed by atoms with E-state index in [9.17, 15) is 14.4 Å². The van der Waals surface area contributed by atoms with E-state index in [0.717, 1.165) is 6.42 Å². The molecule has 162 valence electrons. The molecule has 1 saturated carbocycles. The molecule has 1 heterocycles. The first kappa shape index (κ1) is 20.9. The highest BCUT2D eigenvalue weighted by molar-refractivity contribution is 6.24. The lowest BCUT2D eigenvalue weighted by Gasteiger charge is -2.25. The van der Waals surface area contributed by atoms with Gasteiger partial charge in [-0.3, -0.25) is 14.4 Å². The molecule has 1 aliphatic carbocycles. The molecule has 1 aliphatic heterocycles. The van der Waals surface area contributed by atoms with Crippen LogP contribution in [0, 0.1) is 17.8 Å². The number of hydrogen-bond donors (Lipinski definition) is 1. The average Bonchev–Trinajstić information content (AvgIpc) is 3.02. The number of rotatable bonds is 5. The maximum atomic E-state index is 13.2. The summed E-state index contributed by atoms with van der Waals surface area (Å²) >= 11 is 0. The van der Waals surface area contributed by atoms with E-state index in [4.69, 9.17) is 9.47 Å². The van der Waals surface area contributed by atoms with Gasteiger partial charge in [-0.25, -0.2) is 4.90 Å². The predicted molar refractivity (Wildman–Crippen MR) is 116 cm³/mol. The Morgan fingerprint density at radius 3 is 2.48 bits per heavy atom. The second-order valence-electron chi connectivity index (χ2n) is 8.18. The van der Waals surface area contributed by atoms with Gasteiger partial charge in [-0.05, 0) is 49.4 Å². The van der Waals surface area contributed by atoms with Crippen LogP contribution in [-0.4, -0.2) is 31.9 Å². The minimum absolute atomic E-state index is 0.207. The summed E-state index contributed by atoms with van der Waals surface area (Å²) in [6.07, 6.45) is 2.36. The van der Waals surface area contributed by atoms with Crippen LogP contribution in [-0.2, 0) is 9.59 Å². The van der Waals surface area contributed by atoms with Crippen LogP contribution in [0.3, 0.4) is 0 Å². The van der Waals surface area contributed by atoms with Gasteiger partial charge in [-0.2, -0.15) is 0 Å². The molecular formula is C24H26N2O5. The van der Waals surface area contributed by atoms with Crippen LogP contribution in [0.15, 0.2) is 42.5 Å². The second kappa shape index (κ2) is 8.41. The second-order valence-corrected chi connectivity index (χ2v) is 8.18. The van der Waals surface area contributed by atoms with Crippen molar-refractivity contribution in [2.24, 2.45) is 17.8 Å². The Labute approximate surface area is 181 Å². The molecule has 31 heavy (non-hydrogen) atoms. The van der Waals surface area contributed by atoms with Gasteiger partial charge in [-0.1, -0.05) is 19.1 Å². The summed E-state index contributed by atoms with van der Waals surface area (Å²) in [7, 11) is 3.04. The molecule has 0 radical (unpaired) electrons. The fourth-order valence-electron chi connectivity index (χ4n) is 4.59. The van der Waals surface area contributed by atoms with E-state index in [1.54, 1.807) is 42.5 Å². The van der Waals surface area contributed by atoms with Crippen molar-refractivity contribution in [1.29, 1.82) is 0 Å². The lowest BCUT2D eigenvalue weighted by molar-refractivity contribution is -0.122. The molecule has 1 saturated heterocycles. The number of carbonyl (C=O) groups is 3. The van der Waals surface area contributed by atoms with Crippen LogP contribution in [0.25, 0.3) is 0 Å². The molecule has 3 amide bonds. The highest BCUT2D eigenvalue weighted by Gasteiger charge is 2.50. The first-order valence-corrected chi connectivity index (χ1v) is 10.4. The van der Waals surface area contributed by atoms with Crippen molar-refractivity contribution >= 4 is 29.1 Å². The number of imide groups is 1. The molecule has 2 aromatic carbocycles. The monoisotopic (exact) mass is 422 g/mol. The van der Waals surface area contributed by atoms with E-state index in [0.29, 0.717) is 41.6 Å². The van der Waals surface area contributed by atoms with Crippen molar-refractivity contribution in [1.82, 2.24) is 0 Å². The van der Waals surface area contributed by atoms with Gasteiger partial charge >= 0.3 is 0 Å². The van der Waals surface area contributed by atoms with Crippen LogP contribution >= 0.6 is 0 Å². The first-order valence-electron chi connectivity index (χ1n) is 10.4. The zero-order valence-electron chi connectivity index (χ0n) is 17.9. The summed E-state index contributed by atoms with van der Waals surface area (Å²) < 4.78 is 10.6. The molecular weight excluding hydrogens is 396 g/mol. The summed E-state index contributed by atoms with van der Waals surface area (Å²) in [5.74, 6) is 0.00136. The average molecular weight is 422 g/mol. The molecule has 2 aliphatic rings. The Morgan fingerprint density at radius 1 is 1.00 bits per heavy atom. The van der Waals surface area contributed by atoms with Crippen molar-refractivity contribution in [3.8, 4) is 11.5 Å². The molecule has 0 bridgehead atoms. The lowest BCUT2D eigenvalue weighted by atomic mass is 9.76. The van der Waals surface area contributed by atoms with Crippen molar-refractivity contribution in [2.45, 2.75) is 26.2 Å². The van der Waals surface area contributed by atoms with Gasteiger partial charge in [0.2, 0.25) is 11.8 Å². The van der Waals surface area contributed by atoms with Crippen LogP contribution < -0.4 is 19.7 Å². The number of para-hydroxylation sites is 1. The quantitative estimate of drug-likeness (QED) is 0.739. The third-order valence-electron chi connectivity index (χ3n) is 6.23. The fraction of sp³-hybridized carbons (Fsp3) is 0.375. The normalized spacial score (nSPS) is 22.8. The number of carbonyl (C=O) groups excluding carboxylic acids is 3. The number of nitrogens with zero attached hydrogens (tertiary/aromatic N) is 1. The van der Waals surface area contributed by atoms with Crippen LogP contribution in [0.1, 0.15) is 36.5 Å². The van der Waals surface area contributed by atoms with E-state index >= 15 is 0 Å². The zero-order chi connectivity index (χ0) is 22.1. The Morgan fingerprint density at radius 2 is 1.74 bits per heavy atom. The molecule has 0 spiro atoms. The summed E-state index contributed by atoms with van der Waals surface area (Å²) in [6, 6.07) is 11.8. The maximum Gasteiger partial charge on any atom is 0.257 e. The Bertz CT molecular complexity index is 1030. The van der Waals surface area contributed by atoms with Crippen LogP contribution in [0.4, 0.5) is 11.4 Å². The van der Waals surface area contributed by atoms with Crippen LogP contribution in [0.5, 0.6) is 11.5 Å². The highest BCUT2D eigenvalue weighted by atomic mass is 16.5. The van der Waals surface area contributed by atoms with Gasteiger partial charge in [0.25, 0.3) is 5.91 Å². The van der Waals surface area contributed by atoms with Crippen molar-refractivity contribution in [2.75, 3.05) is 24.4 Å². The van der Waals surface area contributed by atoms with Gasteiger partial charge in [0, 0.05) is 6.07 Å². The number of amides is 3. The molecule has 3 atom stereocenters. The van der Waals surface area contributed by atoms with E-state index in [-0.39, 0.29) is 29.2 Å². The third kappa shape index (κ3) is 3.76. The summed E-state index contributed by atoms with van der Waals surface area (Å²) in [4.78, 5) is 40.7. The molecule has 0 unspecified atom stereocenters. The number of fused-ring (bicyclic) bond motifs is 1. The zero-order valence-corrected chi connectivity index (χ0v) is 17.9. The predicted octanol–water partition coefficient (Wildman–Crippen LogP) is 3.88. The number of anilines is 2. The minimum Gasteiger partial charge on any atom is -0.497 e. The minimum atomic E-state index is -0.439. The van der Waals surface area contributed by atoms with Crippen molar-refractivity contribution < 1.29 is 23.9 Å². The Hall–Kier alpha value is -3.35. The standard InChI is InChI=1S/C24H26N2O5/c1-14-8-10-16-18(12-14)24(29)26(23(16)28)20-7-5-4-6-17(20)22(27)25-19-13-15(30-2)9-11-21(19)31-3/h4-7,9,11,13-14,16,18H,8,10,12H2,1-3H3,(H,25,27)/t14-,16+,18-/m1/s1. The number of methoxy groups -OCH3 is 2. The van der Waals surface area contributed by atoms with E-state index in [1.807, 2.05) is 0 Å². The SMILES string of the molecule is COc1ccc(OC)c(NC(=O)c2ccccc2N2C(=O)[C@H]3CC[C@@H](C)C[C@H]3C2=O)c1. The largest absolute Gasteiger partial charge is 0.497 e. The fourth-order valence-corrected chi connectivity index (χ4v) is 4.59. The van der Waals surface area contributed by atoms with Gasteiger partial charge < -0.3 is 14.8 Å². The first-order chi connectivity index (χ1) is 14.9. The molecule has 4 rings (SSSR count). The van der Waals surface area contributed by atoms with Gasteiger partial charge in [0.1, 0.15) is 11.5 Å². The molecule has 0 aromatic heterocycles. The molecule has 7 heteroatoms. The maximum absolute atomic E-state index is 13.2. The Balaban J connectivity index is 1.66. The molecule has 1 N–H and O–H groups in total. The molecule has 2 fully saturated rings. The van der Waals surface area contributed by atoms with Crippen LogP contribution in [0.2, 0.25) is 0 Å². The van der Waals surface area contributed by atoms with Gasteiger partial charge in [-0.15, -0.1) is 0 Å². The molecule has 2 aromatic rings. The highest BCUT2D eigenvalue weighted by Crippen LogP contribution is 2.43. The van der Waals surface area contributed by atoms with Crippen molar-refractivity contribution in [3.05, 3.63) is 48.0 Å². The summed E-state index contributed by atoms with van der Waals surface area (Å²) in [5, 5.41) is 2.82. The van der Waals surface area contributed by atoms with E-state index < -0.39 is 5.91 Å². The Kier molecular flexibility index (Phi) is 5.67. The smallest absolute Gasteiger partial charge is 0.257 e. The molecule has 7 nitrogen and oxygen atoms in total. The number of hydrogen-bond acceptors (Lipinski definition) is 5. The number of ether oxygens (including phenoxy) is 2. The lowest BCUT2D eigenvalue weighted by Crippen LogP contribution is -2.33. The summed E-state index contributed by atoms with van der Waals surface area (Å²) in [6.45, 7) is 2.11. The number of nitrogens with one attached hydrogen (secondary N) is 1. The summed E-state index contributed by atoms with van der Waals surface area (Å²) in [5.41, 5.74) is 1.00. The number of benzene rings is 2.